The van der Waals surface area contributed by atoms with Crippen LogP contribution in [0.4, 0.5) is 0 Å². The molecule has 0 unspecified atom stereocenters. The molecule has 0 saturated heterocycles. The number of rotatable bonds is 8. The molecule has 1 heterocycles. The van der Waals surface area contributed by atoms with Crippen molar-refractivity contribution in [2.45, 2.75) is 34.0 Å². The van der Waals surface area contributed by atoms with Crippen molar-refractivity contribution in [3.63, 3.8) is 0 Å². The summed E-state index contributed by atoms with van der Waals surface area (Å²) >= 11 is 12.2. The van der Waals surface area contributed by atoms with Gasteiger partial charge in [0, 0.05) is 15.6 Å². The third kappa shape index (κ3) is 6.43. The van der Waals surface area contributed by atoms with E-state index in [1.807, 2.05) is 38.1 Å². The molecule has 34 heavy (non-hydrogen) atoms. The number of ether oxygens (including phenoxy) is 3. The van der Waals surface area contributed by atoms with E-state index in [0.29, 0.717) is 32.9 Å². The van der Waals surface area contributed by atoms with Gasteiger partial charge in [-0.05, 0) is 49.4 Å². The zero-order valence-corrected chi connectivity index (χ0v) is 20.7. The maximum atomic E-state index is 12.2. The van der Waals surface area contributed by atoms with E-state index in [9.17, 15) is 4.79 Å². The summed E-state index contributed by atoms with van der Waals surface area (Å²) in [5.74, 6) is 1.06. The van der Waals surface area contributed by atoms with Crippen LogP contribution in [-0.4, -0.2) is 22.5 Å². The Kier molecular flexibility index (Phi) is 9.19. The van der Waals surface area contributed by atoms with Crippen molar-refractivity contribution in [1.29, 1.82) is 0 Å². The lowest BCUT2D eigenvalue weighted by molar-refractivity contribution is 0.0525. The van der Waals surface area contributed by atoms with Gasteiger partial charge in [-0.15, -0.1) is 0 Å². The summed E-state index contributed by atoms with van der Waals surface area (Å²) in [5.41, 5.74) is 2.90. The smallest absolute Gasteiger partial charge is 0.338 e. The molecule has 0 radical (unpaired) electrons. The van der Waals surface area contributed by atoms with Crippen LogP contribution >= 0.6 is 23.2 Å². The van der Waals surface area contributed by atoms with E-state index in [-0.39, 0.29) is 19.8 Å². The molecule has 6 nitrogen and oxygen atoms in total. The number of imidazole rings is 1. The first kappa shape index (κ1) is 25.4. The number of nitrogens with one attached hydrogen (secondary N) is 1. The van der Waals surface area contributed by atoms with E-state index >= 15 is 0 Å². The molecule has 0 spiro atoms. The van der Waals surface area contributed by atoms with Crippen LogP contribution < -0.4 is 9.47 Å². The Labute approximate surface area is 208 Å². The van der Waals surface area contributed by atoms with Crippen molar-refractivity contribution in [2.24, 2.45) is 0 Å². The minimum Gasteiger partial charge on any atom is -0.485 e. The largest absolute Gasteiger partial charge is 0.485 e. The maximum absolute atomic E-state index is 12.2. The number of aromatic amines is 1. The van der Waals surface area contributed by atoms with Crippen LogP contribution in [0.5, 0.6) is 11.5 Å². The summed E-state index contributed by atoms with van der Waals surface area (Å²) in [5, 5.41) is 1.05. The van der Waals surface area contributed by atoms with Gasteiger partial charge in [-0.3, -0.25) is 0 Å². The molecule has 8 heteroatoms. The summed E-state index contributed by atoms with van der Waals surface area (Å²) in [7, 11) is 0. The van der Waals surface area contributed by atoms with Crippen LogP contribution in [0, 0.1) is 0 Å². The molecule has 0 aliphatic heterocycles. The van der Waals surface area contributed by atoms with Gasteiger partial charge in [0.05, 0.1) is 23.2 Å². The zero-order chi connectivity index (χ0) is 24.5. The Hall–Kier alpha value is -3.22. The lowest BCUT2D eigenvalue weighted by atomic mass is 10.2. The molecule has 0 aliphatic carbocycles. The number of benzene rings is 3. The van der Waals surface area contributed by atoms with E-state index in [4.69, 9.17) is 37.4 Å². The lowest BCUT2D eigenvalue weighted by Gasteiger charge is -2.14. The Morgan fingerprint density at radius 3 is 2.44 bits per heavy atom. The number of aromatic nitrogens is 2. The molecule has 0 bridgehead atoms. The second-order valence-corrected chi connectivity index (χ2v) is 7.74. The standard InChI is InChI=1S/C24H20Cl2N2O4.C2H6/c1-2-30-24(29)15-8-10-21(31-13-16-7-9-17(25)12-18(16)26)22(11-15)32-14-23-27-19-5-3-4-6-20(19)28-23;1-2/h3-12H,2,13-14H2,1H3,(H,27,28);1-2H3. The van der Waals surface area contributed by atoms with Gasteiger partial charge in [-0.25, -0.2) is 9.78 Å². The molecule has 0 atom stereocenters. The number of H-pyrrole nitrogens is 1. The number of nitrogens with zero attached hydrogens (tertiary/aromatic N) is 1. The van der Waals surface area contributed by atoms with Crippen molar-refractivity contribution >= 4 is 40.2 Å². The number of halogens is 2. The molecular formula is C26H26Cl2N2O4. The van der Waals surface area contributed by atoms with Crippen molar-refractivity contribution in [3.8, 4) is 11.5 Å². The average molecular weight is 501 g/mol. The van der Waals surface area contributed by atoms with E-state index < -0.39 is 5.97 Å². The van der Waals surface area contributed by atoms with Crippen LogP contribution in [-0.2, 0) is 18.0 Å². The predicted octanol–water partition coefficient (Wildman–Crippen LogP) is 7.23. The van der Waals surface area contributed by atoms with Crippen molar-refractivity contribution < 1.29 is 19.0 Å². The molecule has 0 fully saturated rings. The molecule has 1 aromatic heterocycles. The second-order valence-electron chi connectivity index (χ2n) is 6.90. The first-order valence-electron chi connectivity index (χ1n) is 11.0. The highest BCUT2D eigenvalue weighted by atomic mass is 35.5. The van der Waals surface area contributed by atoms with Crippen LogP contribution in [0.25, 0.3) is 11.0 Å². The number of carbonyl (C=O) groups excluding carboxylic acids is 1. The Morgan fingerprint density at radius 2 is 1.71 bits per heavy atom. The van der Waals surface area contributed by atoms with E-state index in [2.05, 4.69) is 9.97 Å². The first-order valence-corrected chi connectivity index (χ1v) is 11.7. The Balaban J connectivity index is 0.00000158. The fourth-order valence-electron chi connectivity index (χ4n) is 3.10. The quantitative estimate of drug-likeness (QED) is 0.258. The predicted molar refractivity (Wildman–Crippen MR) is 135 cm³/mol. The van der Waals surface area contributed by atoms with Gasteiger partial charge in [0.2, 0.25) is 0 Å². The molecule has 178 valence electrons. The summed E-state index contributed by atoms with van der Waals surface area (Å²) in [4.78, 5) is 19.9. The Bertz CT molecular complexity index is 1220. The van der Waals surface area contributed by atoms with Gasteiger partial charge in [-0.2, -0.15) is 0 Å². The van der Waals surface area contributed by atoms with Crippen LogP contribution in [0.1, 0.15) is 42.5 Å². The van der Waals surface area contributed by atoms with Gasteiger partial charge in [0.1, 0.15) is 19.0 Å². The summed E-state index contributed by atoms with van der Waals surface area (Å²) in [6.07, 6.45) is 0. The van der Waals surface area contributed by atoms with E-state index in [0.717, 1.165) is 16.6 Å². The SMILES string of the molecule is CC.CCOC(=O)c1ccc(OCc2ccc(Cl)cc2Cl)c(OCc2nc3ccccc3[nH]2)c1. The van der Waals surface area contributed by atoms with E-state index in [1.165, 1.54) is 0 Å². The van der Waals surface area contributed by atoms with Crippen molar-refractivity contribution in [1.82, 2.24) is 9.97 Å². The summed E-state index contributed by atoms with van der Waals surface area (Å²) in [6, 6.07) is 17.8. The number of carbonyl (C=O) groups is 1. The van der Waals surface area contributed by atoms with Gasteiger partial charge in [-0.1, -0.05) is 55.2 Å². The van der Waals surface area contributed by atoms with Gasteiger partial charge >= 0.3 is 5.97 Å². The number of hydrogen-bond acceptors (Lipinski definition) is 5. The molecular weight excluding hydrogens is 475 g/mol. The third-order valence-corrected chi connectivity index (χ3v) is 5.24. The van der Waals surface area contributed by atoms with Gasteiger partial charge in [0.15, 0.2) is 11.5 Å². The van der Waals surface area contributed by atoms with Crippen molar-refractivity contribution in [3.05, 3.63) is 87.7 Å². The molecule has 0 aliphatic rings. The van der Waals surface area contributed by atoms with E-state index in [1.54, 1.807) is 43.3 Å². The number of hydrogen-bond donors (Lipinski definition) is 1. The zero-order valence-electron chi connectivity index (χ0n) is 19.2. The maximum Gasteiger partial charge on any atom is 0.338 e. The summed E-state index contributed by atoms with van der Waals surface area (Å²) in [6.45, 7) is 6.40. The third-order valence-electron chi connectivity index (χ3n) is 4.66. The van der Waals surface area contributed by atoms with Crippen LogP contribution in [0.15, 0.2) is 60.7 Å². The minimum atomic E-state index is -0.437. The molecule has 1 N–H and O–H groups in total. The van der Waals surface area contributed by atoms with Crippen LogP contribution in [0.2, 0.25) is 10.0 Å². The molecule has 0 saturated carbocycles. The highest BCUT2D eigenvalue weighted by molar-refractivity contribution is 6.35. The van der Waals surface area contributed by atoms with Gasteiger partial charge < -0.3 is 19.2 Å². The van der Waals surface area contributed by atoms with Gasteiger partial charge in [0.25, 0.3) is 0 Å². The fourth-order valence-corrected chi connectivity index (χ4v) is 3.56. The molecule has 0 amide bonds. The number of fused-ring (bicyclic) bond motifs is 1. The summed E-state index contributed by atoms with van der Waals surface area (Å²) < 4.78 is 17.0. The van der Waals surface area contributed by atoms with Crippen molar-refractivity contribution in [2.75, 3.05) is 6.61 Å². The highest BCUT2D eigenvalue weighted by Crippen LogP contribution is 2.31. The molecule has 4 aromatic rings. The molecule has 3 aromatic carbocycles. The highest BCUT2D eigenvalue weighted by Gasteiger charge is 2.14. The normalized spacial score (nSPS) is 10.4. The minimum absolute atomic E-state index is 0.166. The topological polar surface area (TPSA) is 73.4 Å². The fraction of sp³-hybridized carbons (Fsp3) is 0.231. The monoisotopic (exact) mass is 500 g/mol. The Morgan fingerprint density at radius 1 is 0.941 bits per heavy atom. The second kappa shape index (κ2) is 12.3. The molecule has 4 rings (SSSR count). The lowest BCUT2D eigenvalue weighted by Crippen LogP contribution is -2.07. The average Bonchev–Trinajstić information content (AvgIpc) is 3.27. The number of para-hydroxylation sites is 2. The number of esters is 1. The first-order chi connectivity index (χ1) is 16.5. The van der Waals surface area contributed by atoms with Crippen LogP contribution in [0.3, 0.4) is 0 Å².